The van der Waals surface area contributed by atoms with Crippen molar-refractivity contribution in [2.45, 2.75) is 58.1 Å². The van der Waals surface area contributed by atoms with E-state index >= 15 is 0 Å². The average molecular weight is 377 g/mol. The van der Waals surface area contributed by atoms with Gasteiger partial charge in [-0.25, -0.2) is 0 Å². The third kappa shape index (κ3) is 6.23. The summed E-state index contributed by atoms with van der Waals surface area (Å²) >= 11 is 0. The highest BCUT2D eigenvalue weighted by Gasteiger charge is 2.30. The molecule has 3 heteroatoms. The summed E-state index contributed by atoms with van der Waals surface area (Å²) in [5.41, 5.74) is 5.41. The van der Waals surface area contributed by atoms with Gasteiger partial charge in [-0.1, -0.05) is 50.6 Å². The lowest BCUT2D eigenvalue weighted by Crippen LogP contribution is -3.00. The molecule has 1 rings (SSSR count). The minimum atomic E-state index is -0.360. The second-order valence-corrected chi connectivity index (χ2v) is 5.81. The van der Waals surface area contributed by atoms with Crippen LogP contribution in [0.3, 0.4) is 0 Å². The summed E-state index contributed by atoms with van der Waals surface area (Å²) in [6, 6.07) is 9.90. The summed E-state index contributed by atoms with van der Waals surface area (Å²) in [7, 11) is 0. The fourth-order valence-electron chi connectivity index (χ4n) is 2.34. The average Bonchev–Trinajstić information content (AvgIpc) is 2.37. The normalized spacial score (nSPS) is 17.1. The molecule has 110 valence electrons. The molecule has 0 bridgehead atoms. The Hall–Kier alpha value is -0.130. The van der Waals surface area contributed by atoms with Gasteiger partial charge in [-0.15, -0.1) is 0 Å². The van der Waals surface area contributed by atoms with Gasteiger partial charge in [-0.05, 0) is 25.3 Å². The van der Waals surface area contributed by atoms with Gasteiger partial charge in [-0.2, -0.15) is 0 Å². The molecule has 1 aromatic rings. The minimum absolute atomic E-state index is 0. The van der Waals surface area contributed by atoms with Crippen LogP contribution in [0.1, 0.15) is 58.1 Å². The third-order valence-corrected chi connectivity index (χ3v) is 4.08. The van der Waals surface area contributed by atoms with Crippen LogP contribution < -0.4 is 29.7 Å². The van der Waals surface area contributed by atoms with E-state index in [0.717, 1.165) is 18.4 Å². The molecule has 2 nitrogen and oxygen atoms in total. The van der Waals surface area contributed by atoms with Crippen molar-refractivity contribution in [1.29, 1.82) is 0 Å². The number of hydrogen-bond acceptors (Lipinski definition) is 1. The Kier molecular flexibility index (Phi) is 8.86. The maximum atomic E-state index is 10.2. The van der Waals surface area contributed by atoms with E-state index in [4.69, 9.17) is 0 Å². The van der Waals surface area contributed by atoms with E-state index in [0.29, 0.717) is 5.92 Å². The summed E-state index contributed by atoms with van der Waals surface area (Å²) in [5.74, 6) is 0.602. The topological polar surface area (TPSA) is 47.9 Å². The molecule has 0 aliphatic rings. The van der Waals surface area contributed by atoms with Crippen LogP contribution in [0.15, 0.2) is 30.3 Å². The highest BCUT2D eigenvalue weighted by Crippen LogP contribution is 2.26. The Morgan fingerprint density at radius 3 is 2.32 bits per heavy atom. The van der Waals surface area contributed by atoms with Crippen LogP contribution in [0.4, 0.5) is 0 Å². The molecular formula is C16H28INO. The van der Waals surface area contributed by atoms with Crippen molar-refractivity contribution in [3.8, 4) is 0 Å². The summed E-state index contributed by atoms with van der Waals surface area (Å²) in [6.45, 7) is 6.70. The first kappa shape index (κ1) is 18.9. The van der Waals surface area contributed by atoms with Gasteiger partial charge in [0.1, 0.15) is 0 Å². The van der Waals surface area contributed by atoms with Crippen LogP contribution in [-0.4, -0.2) is 10.6 Å². The lowest BCUT2D eigenvalue weighted by Gasteiger charge is -2.29. The molecule has 19 heavy (non-hydrogen) atoms. The molecule has 0 aliphatic heterocycles. The monoisotopic (exact) mass is 377 g/mol. The molecule has 0 spiro atoms. The molecule has 0 amide bonds. The zero-order valence-corrected chi connectivity index (χ0v) is 14.6. The van der Waals surface area contributed by atoms with Crippen LogP contribution in [0.2, 0.25) is 0 Å². The van der Waals surface area contributed by atoms with Gasteiger partial charge in [0.2, 0.25) is 0 Å². The zero-order chi connectivity index (χ0) is 13.6. The molecule has 0 saturated carbocycles. The van der Waals surface area contributed by atoms with E-state index < -0.39 is 0 Å². The van der Waals surface area contributed by atoms with Crippen molar-refractivity contribution < 1.29 is 34.8 Å². The lowest BCUT2D eigenvalue weighted by atomic mass is 9.80. The molecule has 4 N–H and O–H groups in total. The van der Waals surface area contributed by atoms with E-state index in [-0.39, 0.29) is 35.6 Å². The van der Waals surface area contributed by atoms with Crippen LogP contribution in [0.5, 0.6) is 0 Å². The Morgan fingerprint density at radius 1 is 1.21 bits per heavy atom. The molecule has 0 radical (unpaired) electrons. The molecule has 0 saturated heterocycles. The summed E-state index contributed by atoms with van der Waals surface area (Å²) in [6.07, 6.45) is 3.80. The predicted molar refractivity (Wildman–Crippen MR) is 76.0 cm³/mol. The highest BCUT2D eigenvalue weighted by molar-refractivity contribution is 5.17. The number of halogens is 1. The van der Waals surface area contributed by atoms with Gasteiger partial charge in [0, 0.05) is 12.3 Å². The van der Waals surface area contributed by atoms with Crippen LogP contribution in [0, 0.1) is 5.92 Å². The van der Waals surface area contributed by atoms with Crippen LogP contribution in [0.25, 0.3) is 0 Å². The molecule has 0 aliphatic carbocycles. The van der Waals surface area contributed by atoms with Gasteiger partial charge in [0.25, 0.3) is 0 Å². The molecule has 3 atom stereocenters. The number of hydrogen-bond donors (Lipinski definition) is 2. The predicted octanol–water partition coefficient (Wildman–Crippen LogP) is -0.0590. The van der Waals surface area contributed by atoms with E-state index in [1.807, 2.05) is 30.3 Å². The first-order chi connectivity index (χ1) is 8.47. The van der Waals surface area contributed by atoms with Gasteiger partial charge < -0.3 is 34.8 Å². The van der Waals surface area contributed by atoms with E-state index in [2.05, 4.69) is 26.5 Å². The summed E-state index contributed by atoms with van der Waals surface area (Å²) in [4.78, 5) is 0. The molecule has 0 heterocycles. The van der Waals surface area contributed by atoms with E-state index in [1.54, 1.807) is 0 Å². The maximum Gasteiger partial charge on any atom is 0.0944 e. The van der Waals surface area contributed by atoms with Crippen molar-refractivity contribution in [2.75, 3.05) is 0 Å². The Labute approximate surface area is 134 Å². The maximum absolute atomic E-state index is 10.2. The van der Waals surface area contributed by atoms with Gasteiger partial charge in [-0.3, -0.25) is 0 Å². The molecule has 1 aromatic carbocycles. The van der Waals surface area contributed by atoms with Crippen molar-refractivity contribution in [3.63, 3.8) is 0 Å². The third-order valence-electron chi connectivity index (χ3n) is 4.08. The molecular weight excluding hydrogens is 349 g/mol. The largest absolute Gasteiger partial charge is 1.00 e. The van der Waals surface area contributed by atoms with Gasteiger partial charge >= 0.3 is 0 Å². The summed E-state index contributed by atoms with van der Waals surface area (Å²) < 4.78 is 0. The molecule has 0 aromatic heterocycles. The van der Waals surface area contributed by atoms with Crippen LogP contribution >= 0.6 is 0 Å². The van der Waals surface area contributed by atoms with E-state index in [9.17, 15) is 5.11 Å². The van der Waals surface area contributed by atoms with Crippen molar-refractivity contribution >= 4 is 0 Å². The molecule has 3 unspecified atom stereocenters. The van der Waals surface area contributed by atoms with Crippen molar-refractivity contribution in [3.05, 3.63) is 35.9 Å². The SMILES string of the molecule is CCCC(C)C(C)([NH3+])CCC(O)c1ccccc1.[I-]. The van der Waals surface area contributed by atoms with Crippen LogP contribution in [-0.2, 0) is 0 Å². The Morgan fingerprint density at radius 2 is 1.79 bits per heavy atom. The lowest BCUT2D eigenvalue weighted by molar-refractivity contribution is -0.488. The fraction of sp³-hybridized carbons (Fsp3) is 0.625. The Balaban J connectivity index is 0.00000324. The highest BCUT2D eigenvalue weighted by atomic mass is 127. The minimum Gasteiger partial charge on any atom is -1.00 e. The van der Waals surface area contributed by atoms with Crippen molar-refractivity contribution in [1.82, 2.24) is 0 Å². The number of benzene rings is 1. The second kappa shape index (κ2) is 8.93. The first-order valence-electron chi connectivity index (χ1n) is 7.05. The van der Waals surface area contributed by atoms with Gasteiger partial charge in [0.15, 0.2) is 0 Å². The van der Waals surface area contributed by atoms with E-state index in [1.165, 1.54) is 12.8 Å². The smallest absolute Gasteiger partial charge is 0.0944 e. The first-order valence-corrected chi connectivity index (χ1v) is 7.05. The van der Waals surface area contributed by atoms with Gasteiger partial charge in [0.05, 0.1) is 11.6 Å². The fourth-order valence-corrected chi connectivity index (χ4v) is 2.34. The number of aliphatic hydroxyl groups excluding tert-OH is 1. The zero-order valence-electron chi connectivity index (χ0n) is 12.4. The number of aliphatic hydroxyl groups is 1. The summed E-state index contributed by atoms with van der Waals surface area (Å²) in [5, 5.41) is 10.2. The quantitative estimate of drug-likeness (QED) is 0.643. The number of quaternary nitrogens is 1. The Bertz CT molecular complexity index is 340. The standard InChI is InChI=1S/C16H27NO.HI/c1-4-8-13(2)16(3,17)12-11-15(18)14-9-6-5-7-10-14;/h5-7,9-10,13,15,18H,4,8,11-12,17H2,1-3H3;1H. The second-order valence-electron chi connectivity index (χ2n) is 5.81. The number of rotatable bonds is 7. The van der Waals surface area contributed by atoms with Crippen molar-refractivity contribution in [2.24, 2.45) is 5.92 Å². The molecule has 0 fully saturated rings.